The van der Waals surface area contributed by atoms with E-state index in [0.717, 1.165) is 11.8 Å². The summed E-state index contributed by atoms with van der Waals surface area (Å²) < 4.78 is 37.5. The molecule has 2 aromatic rings. The van der Waals surface area contributed by atoms with Crippen molar-refractivity contribution >= 4 is 39.1 Å². The molecule has 0 saturated carbocycles. The lowest BCUT2D eigenvalue weighted by molar-refractivity contribution is -0.141. The number of anilines is 1. The maximum atomic E-state index is 13.3. The van der Waals surface area contributed by atoms with Gasteiger partial charge in [-0.3, -0.25) is 13.9 Å². The molecule has 9 nitrogen and oxygen atoms in total. The smallest absolute Gasteiger partial charge is 0.242 e. The Balaban J connectivity index is 1.74. The van der Waals surface area contributed by atoms with E-state index in [1.165, 1.54) is 16.3 Å². The van der Waals surface area contributed by atoms with Crippen LogP contribution in [0, 0.1) is 0 Å². The van der Waals surface area contributed by atoms with Crippen molar-refractivity contribution < 1.29 is 27.5 Å². The van der Waals surface area contributed by atoms with Crippen LogP contribution in [0.2, 0.25) is 5.02 Å². The molecule has 0 fully saturated rings. The fourth-order valence-electron chi connectivity index (χ4n) is 4.06. The summed E-state index contributed by atoms with van der Waals surface area (Å²) in [6.45, 7) is 2.99. The van der Waals surface area contributed by atoms with Gasteiger partial charge in [0.05, 0.1) is 11.9 Å². The van der Waals surface area contributed by atoms with E-state index in [0.29, 0.717) is 41.8 Å². The number of benzene rings is 2. The van der Waals surface area contributed by atoms with Crippen LogP contribution in [0.1, 0.15) is 31.7 Å². The van der Waals surface area contributed by atoms with Crippen LogP contribution in [0.25, 0.3) is 0 Å². The number of sulfonamides is 1. The number of amides is 2. The Hall–Kier alpha value is -2.98. The second-order valence-electron chi connectivity index (χ2n) is 8.45. The molecule has 2 amide bonds. The summed E-state index contributed by atoms with van der Waals surface area (Å²) in [5.41, 5.74) is 1.27. The van der Waals surface area contributed by atoms with Crippen molar-refractivity contribution in [3.8, 4) is 11.5 Å². The molecule has 0 aromatic heterocycles. The van der Waals surface area contributed by atoms with Gasteiger partial charge in [-0.25, -0.2) is 8.42 Å². The maximum absolute atomic E-state index is 13.3. The number of carbonyl (C=O) groups excluding carboxylic acids is 2. The second-order valence-corrected chi connectivity index (χ2v) is 10.8. The van der Waals surface area contributed by atoms with Crippen LogP contribution < -0.4 is 19.1 Å². The minimum atomic E-state index is -3.62. The number of carbonyl (C=O) groups is 2. The van der Waals surface area contributed by atoms with Crippen LogP contribution in [0.15, 0.2) is 42.5 Å². The van der Waals surface area contributed by atoms with Gasteiger partial charge in [0.15, 0.2) is 11.5 Å². The molecule has 1 atom stereocenters. The highest BCUT2D eigenvalue weighted by Crippen LogP contribution is 2.34. The maximum Gasteiger partial charge on any atom is 0.242 e. The molecule has 1 N–H and O–H groups in total. The highest BCUT2D eigenvalue weighted by Gasteiger charge is 2.28. The van der Waals surface area contributed by atoms with Crippen molar-refractivity contribution in [3.05, 3.63) is 53.1 Å². The Morgan fingerprint density at radius 1 is 1.08 bits per heavy atom. The van der Waals surface area contributed by atoms with E-state index < -0.39 is 16.1 Å². The van der Waals surface area contributed by atoms with Gasteiger partial charge in [-0.05, 0) is 42.7 Å². The van der Waals surface area contributed by atoms with Crippen molar-refractivity contribution in [2.75, 3.05) is 37.4 Å². The Labute approximate surface area is 217 Å². The minimum Gasteiger partial charge on any atom is -0.486 e. The quantitative estimate of drug-likeness (QED) is 0.472. The largest absolute Gasteiger partial charge is 0.486 e. The third-order valence-electron chi connectivity index (χ3n) is 5.86. The molecule has 0 aliphatic carbocycles. The highest BCUT2D eigenvalue weighted by molar-refractivity contribution is 7.92. The number of hydrogen-bond donors (Lipinski definition) is 1. The van der Waals surface area contributed by atoms with E-state index in [2.05, 4.69) is 5.32 Å². The molecule has 0 saturated heterocycles. The SMILES string of the molecule is CC[C@@H](C(=O)NC)N(Cc1ccc(Cl)cc1)C(=O)CCCN(c1ccc2c(c1)OCCO2)S(C)(=O)=O. The first-order valence-electron chi connectivity index (χ1n) is 11.8. The van der Waals surface area contributed by atoms with Crippen LogP contribution in [0.5, 0.6) is 11.5 Å². The van der Waals surface area contributed by atoms with Crippen LogP contribution >= 0.6 is 11.6 Å². The molecule has 11 heteroatoms. The molecule has 3 rings (SSSR count). The number of likely N-dealkylation sites (N-methyl/N-ethyl adjacent to an activating group) is 1. The molecule has 1 aliphatic heterocycles. The standard InChI is InChI=1S/C25H32ClN3O6S/c1-4-21(25(31)27-2)28(17-18-7-9-19(26)10-8-18)24(30)6-5-13-29(36(3,32)33)20-11-12-22-23(16-20)35-15-14-34-22/h7-12,16,21H,4-6,13-15,17H2,1-3H3,(H,27,31)/t21-/m0/s1. The average Bonchev–Trinajstić information content (AvgIpc) is 2.86. The molecule has 0 bridgehead atoms. The van der Waals surface area contributed by atoms with E-state index in [1.807, 2.05) is 19.1 Å². The van der Waals surface area contributed by atoms with Gasteiger partial charge in [0.1, 0.15) is 19.3 Å². The highest BCUT2D eigenvalue weighted by atomic mass is 35.5. The third-order valence-corrected chi connectivity index (χ3v) is 7.31. The summed E-state index contributed by atoms with van der Waals surface area (Å²) in [5.74, 6) is 0.546. The van der Waals surface area contributed by atoms with E-state index in [1.54, 1.807) is 30.3 Å². The topological polar surface area (TPSA) is 105 Å². The number of hydrogen-bond acceptors (Lipinski definition) is 6. The second kappa shape index (κ2) is 12.3. The number of rotatable bonds is 11. The van der Waals surface area contributed by atoms with Crippen molar-refractivity contribution in [1.29, 1.82) is 0 Å². The normalized spacial score (nSPS) is 13.6. The predicted molar refractivity (Wildman–Crippen MR) is 139 cm³/mol. The predicted octanol–water partition coefficient (Wildman–Crippen LogP) is 3.21. The molecule has 1 aliphatic rings. The van der Waals surface area contributed by atoms with Gasteiger partial charge >= 0.3 is 0 Å². The molecular formula is C25H32ClN3O6S. The Bertz CT molecular complexity index is 1170. The lowest BCUT2D eigenvalue weighted by Gasteiger charge is -2.31. The molecule has 0 unspecified atom stereocenters. The molecule has 36 heavy (non-hydrogen) atoms. The molecule has 1 heterocycles. The van der Waals surface area contributed by atoms with Gasteiger partial charge in [-0.2, -0.15) is 0 Å². The van der Waals surface area contributed by atoms with Gasteiger partial charge in [0, 0.05) is 37.6 Å². The van der Waals surface area contributed by atoms with Crippen LogP contribution in [-0.4, -0.2) is 64.2 Å². The molecule has 0 radical (unpaired) electrons. The summed E-state index contributed by atoms with van der Waals surface area (Å²) in [4.78, 5) is 27.4. The zero-order valence-electron chi connectivity index (χ0n) is 20.7. The first-order chi connectivity index (χ1) is 17.1. The number of nitrogens with zero attached hydrogens (tertiary/aromatic N) is 2. The molecule has 0 spiro atoms. The number of halogens is 1. The Morgan fingerprint density at radius 2 is 1.75 bits per heavy atom. The lowest BCUT2D eigenvalue weighted by atomic mass is 10.1. The van der Waals surface area contributed by atoms with Crippen molar-refractivity contribution in [2.24, 2.45) is 0 Å². The van der Waals surface area contributed by atoms with Crippen LogP contribution in [0.3, 0.4) is 0 Å². The fraction of sp³-hybridized carbons (Fsp3) is 0.440. The molecule has 2 aromatic carbocycles. The number of nitrogens with one attached hydrogen (secondary N) is 1. The van der Waals surface area contributed by atoms with E-state index >= 15 is 0 Å². The minimum absolute atomic E-state index is 0.0671. The average molecular weight is 538 g/mol. The van der Waals surface area contributed by atoms with E-state index in [9.17, 15) is 18.0 Å². The van der Waals surface area contributed by atoms with Crippen molar-refractivity contribution in [1.82, 2.24) is 10.2 Å². The molecule has 196 valence electrons. The molecular weight excluding hydrogens is 506 g/mol. The zero-order valence-corrected chi connectivity index (χ0v) is 22.3. The Kier molecular flexibility index (Phi) is 9.44. The van der Waals surface area contributed by atoms with Gasteiger partial charge in [-0.15, -0.1) is 0 Å². The summed E-state index contributed by atoms with van der Waals surface area (Å²) in [5, 5.41) is 3.20. The Morgan fingerprint density at radius 3 is 2.36 bits per heavy atom. The monoisotopic (exact) mass is 537 g/mol. The summed E-state index contributed by atoms with van der Waals surface area (Å²) in [6.07, 6.45) is 1.89. The number of fused-ring (bicyclic) bond motifs is 1. The van der Waals surface area contributed by atoms with E-state index in [-0.39, 0.29) is 37.7 Å². The van der Waals surface area contributed by atoms with Crippen molar-refractivity contribution in [3.63, 3.8) is 0 Å². The summed E-state index contributed by atoms with van der Waals surface area (Å²) in [6, 6.07) is 11.4. The summed E-state index contributed by atoms with van der Waals surface area (Å²) >= 11 is 5.98. The first-order valence-corrected chi connectivity index (χ1v) is 14.0. The van der Waals surface area contributed by atoms with Gasteiger partial charge in [-0.1, -0.05) is 30.7 Å². The zero-order chi connectivity index (χ0) is 26.3. The van der Waals surface area contributed by atoms with Gasteiger partial charge < -0.3 is 19.7 Å². The van der Waals surface area contributed by atoms with Crippen LogP contribution in [-0.2, 0) is 26.2 Å². The van der Waals surface area contributed by atoms with E-state index in [4.69, 9.17) is 21.1 Å². The number of ether oxygens (including phenoxy) is 2. The third kappa shape index (κ3) is 7.04. The summed E-state index contributed by atoms with van der Waals surface area (Å²) in [7, 11) is -2.08. The van der Waals surface area contributed by atoms with Gasteiger partial charge in [0.2, 0.25) is 21.8 Å². The van der Waals surface area contributed by atoms with Gasteiger partial charge in [0.25, 0.3) is 0 Å². The lowest BCUT2D eigenvalue weighted by Crippen LogP contribution is -2.48. The fourth-order valence-corrected chi connectivity index (χ4v) is 5.15. The van der Waals surface area contributed by atoms with Crippen molar-refractivity contribution in [2.45, 2.75) is 38.8 Å². The van der Waals surface area contributed by atoms with Crippen LogP contribution in [0.4, 0.5) is 5.69 Å². The first kappa shape index (κ1) is 27.6.